The van der Waals surface area contributed by atoms with Gasteiger partial charge in [-0.25, -0.2) is 8.42 Å². The van der Waals surface area contributed by atoms with E-state index in [0.29, 0.717) is 0 Å². The number of sulfonamides is 1. The normalized spacial score (nSPS) is 15.9. The maximum absolute atomic E-state index is 12.7. The number of carbonyl (C=O) groups is 1. The second-order valence-electron chi connectivity index (χ2n) is 6.86. The van der Waals surface area contributed by atoms with Crippen molar-refractivity contribution in [1.82, 2.24) is 9.21 Å². The Kier molecular flexibility index (Phi) is 6.78. The largest absolute Gasteiger partial charge is 0.416 e. The van der Waals surface area contributed by atoms with Gasteiger partial charge in [-0.15, -0.1) is 11.8 Å². The summed E-state index contributed by atoms with van der Waals surface area (Å²) in [6, 6.07) is 11.2. The van der Waals surface area contributed by atoms with E-state index in [1.165, 1.54) is 16.1 Å². The molecule has 1 aliphatic rings. The van der Waals surface area contributed by atoms with E-state index in [-0.39, 0.29) is 42.7 Å². The van der Waals surface area contributed by atoms with Crippen LogP contribution in [0.3, 0.4) is 0 Å². The zero-order valence-electron chi connectivity index (χ0n) is 16.2. The zero-order valence-corrected chi connectivity index (χ0v) is 17.9. The van der Waals surface area contributed by atoms with E-state index in [0.717, 1.165) is 34.7 Å². The fraction of sp³-hybridized carbons (Fsp3) is 0.350. The van der Waals surface area contributed by atoms with Gasteiger partial charge in [-0.05, 0) is 42.8 Å². The summed E-state index contributed by atoms with van der Waals surface area (Å²) in [5.74, 6) is 0.186. The quantitative estimate of drug-likeness (QED) is 0.642. The van der Waals surface area contributed by atoms with Crippen molar-refractivity contribution in [2.75, 3.05) is 31.9 Å². The molecule has 0 unspecified atom stereocenters. The lowest BCUT2D eigenvalue weighted by molar-refractivity contribution is -0.137. The zero-order chi connectivity index (χ0) is 21.9. The molecule has 10 heteroatoms. The highest BCUT2D eigenvalue weighted by Gasteiger charge is 2.33. The summed E-state index contributed by atoms with van der Waals surface area (Å²) in [6.45, 7) is 2.66. The fourth-order valence-electron chi connectivity index (χ4n) is 3.09. The summed E-state index contributed by atoms with van der Waals surface area (Å²) < 4.78 is 64.7. The van der Waals surface area contributed by atoms with Gasteiger partial charge in [0.2, 0.25) is 15.9 Å². The predicted octanol–water partition coefficient (Wildman–Crippen LogP) is 3.64. The summed E-state index contributed by atoms with van der Waals surface area (Å²) in [7, 11) is -3.91. The van der Waals surface area contributed by atoms with Gasteiger partial charge in [0.1, 0.15) is 0 Å². The van der Waals surface area contributed by atoms with E-state index in [4.69, 9.17) is 0 Å². The highest BCUT2D eigenvalue weighted by molar-refractivity contribution is 8.00. The van der Waals surface area contributed by atoms with Crippen LogP contribution in [0.2, 0.25) is 0 Å². The Morgan fingerprint density at radius 1 is 1.00 bits per heavy atom. The van der Waals surface area contributed by atoms with Crippen molar-refractivity contribution >= 4 is 27.7 Å². The average Bonchev–Trinajstić information content (AvgIpc) is 2.72. The van der Waals surface area contributed by atoms with Crippen LogP contribution in [0.15, 0.2) is 58.3 Å². The summed E-state index contributed by atoms with van der Waals surface area (Å²) in [5.41, 5.74) is 0.186. The molecule has 1 fully saturated rings. The monoisotopic (exact) mass is 458 g/mol. The number of thioether (sulfide) groups is 1. The minimum absolute atomic E-state index is 0.0742. The molecular weight excluding hydrogens is 437 g/mol. The Morgan fingerprint density at radius 3 is 2.17 bits per heavy atom. The topological polar surface area (TPSA) is 57.7 Å². The number of carbonyl (C=O) groups excluding carboxylic acids is 1. The molecule has 1 amide bonds. The van der Waals surface area contributed by atoms with E-state index in [1.54, 1.807) is 4.90 Å². The van der Waals surface area contributed by atoms with Crippen LogP contribution in [0.1, 0.15) is 11.1 Å². The second-order valence-corrected chi connectivity index (χ2v) is 9.82. The molecular formula is C20H21F3N2O3S2. The Balaban J connectivity index is 1.57. The molecule has 0 saturated carbocycles. The summed E-state index contributed by atoms with van der Waals surface area (Å²) in [6.07, 6.45) is -4.52. The van der Waals surface area contributed by atoms with E-state index in [2.05, 4.69) is 0 Å². The van der Waals surface area contributed by atoms with Crippen molar-refractivity contribution < 1.29 is 26.4 Å². The number of hydrogen-bond acceptors (Lipinski definition) is 4. The van der Waals surface area contributed by atoms with Crippen molar-refractivity contribution in [3.63, 3.8) is 0 Å². The number of amides is 1. The van der Waals surface area contributed by atoms with Crippen LogP contribution in [-0.4, -0.2) is 55.5 Å². The van der Waals surface area contributed by atoms with Gasteiger partial charge in [-0.2, -0.15) is 17.5 Å². The first-order valence-corrected chi connectivity index (χ1v) is 11.7. The van der Waals surface area contributed by atoms with Gasteiger partial charge in [0.05, 0.1) is 16.2 Å². The number of piperazine rings is 1. The van der Waals surface area contributed by atoms with E-state index < -0.39 is 21.8 Å². The Bertz CT molecular complexity index is 1000. The van der Waals surface area contributed by atoms with Crippen molar-refractivity contribution in [2.24, 2.45) is 0 Å². The first-order valence-electron chi connectivity index (χ1n) is 9.22. The van der Waals surface area contributed by atoms with Gasteiger partial charge >= 0.3 is 6.18 Å². The van der Waals surface area contributed by atoms with E-state index >= 15 is 0 Å². The third kappa shape index (κ3) is 5.16. The molecule has 0 N–H and O–H groups in total. The van der Waals surface area contributed by atoms with Crippen molar-refractivity contribution in [2.45, 2.75) is 22.9 Å². The number of aryl methyl sites for hydroxylation is 1. The van der Waals surface area contributed by atoms with Gasteiger partial charge in [-0.1, -0.05) is 18.2 Å². The third-order valence-corrected chi connectivity index (χ3v) is 7.93. The van der Waals surface area contributed by atoms with Crippen LogP contribution in [0.25, 0.3) is 0 Å². The predicted molar refractivity (Wildman–Crippen MR) is 109 cm³/mol. The third-order valence-electron chi connectivity index (χ3n) is 4.86. The van der Waals surface area contributed by atoms with Gasteiger partial charge < -0.3 is 4.90 Å². The van der Waals surface area contributed by atoms with Gasteiger partial charge in [0.25, 0.3) is 0 Å². The minimum atomic E-state index is -4.52. The second kappa shape index (κ2) is 8.99. The summed E-state index contributed by atoms with van der Waals surface area (Å²) in [5, 5.41) is 0. The Labute approximate surface area is 177 Å². The number of alkyl halides is 3. The number of hydrogen-bond donors (Lipinski definition) is 0. The Hall–Kier alpha value is -2.04. The fourth-order valence-corrected chi connectivity index (χ4v) is 5.45. The van der Waals surface area contributed by atoms with Gasteiger partial charge in [0, 0.05) is 31.1 Å². The molecule has 162 valence electrons. The average molecular weight is 459 g/mol. The molecule has 3 rings (SSSR count). The molecule has 1 saturated heterocycles. The number of halogens is 3. The number of nitrogens with zero attached hydrogens (tertiary/aromatic N) is 2. The first-order chi connectivity index (χ1) is 14.1. The molecule has 0 aromatic heterocycles. The van der Waals surface area contributed by atoms with Gasteiger partial charge in [-0.3, -0.25) is 4.79 Å². The number of benzene rings is 2. The maximum Gasteiger partial charge on any atom is 0.416 e. The summed E-state index contributed by atoms with van der Waals surface area (Å²) in [4.78, 5) is 14.9. The standard InChI is InChI=1S/C20H21F3N2O3S2/c1-15-4-2-3-5-18(15)29-14-19(26)24-10-12-25(13-11-24)30(27,28)17-8-6-16(7-9-17)20(21,22)23/h2-9H,10-14H2,1H3. The van der Waals surface area contributed by atoms with Gasteiger partial charge in [0.15, 0.2) is 0 Å². The van der Waals surface area contributed by atoms with Crippen LogP contribution in [-0.2, 0) is 21.0 Å². The van der Waals surface area contributed by atoms with Crippen LogP contribution in [0.4, 0.5) is 13.2 Å². The van der Waals surface area contributed by atoms with Crippen LogP contribution in [0, 0.1) is 6.92 Å². The van der Waals surface area contributed by atoms with E-state index in [1.807, 2.05) is 31.2 Å². The summed E-state index contributed by atoms with van der Waals surface area (Å²) >= 11 is 1.44. The smallest absolute Gasteiger partial charge is 0.339 e. The lowest BCUT2D eigenvalue weighted by Crippen LogP contribution is -2.50. The van der Waals surface area contributed by atoms with Crippen molar-refractivity contribution in [1.29, 1.82) is 0 Å². The molecule has 1 heterocycles. The molecule has 2 aromatic rings. The minimum Gasteiger partial charge on any atom is -0.339 e. The molecule has 0 radical (unpaired) electrons. The van der Waals surface area contributed by atoms with Crippen LogP contribution < -0.4 is 0 Å². The SMILES string of the molecule is Cc1ccccc1SCC(=O)N1CCN(S(=O)(=O)c2ccc(C(F)(F)F)cc2)CC1. The first kappa shape index (κ1) is 22.6. The maximum atomic E-state index is 12.7. The van der Waals surface area contributed by atoms with Crippen LogP contribution in [0.5, 0.6) is 0 Å². The Morgan fingerprint density at radius 2 is 1.60 bits per heavy atom. The van der Waals surface area contributed by atoms with Crippen molar-refractivity contribution in [3.8, 4) is 0 Å². The number of rotatable bonds is 5. The molecule has 0 spiro atoms. The molecule has 5 nitrogen and oxygen atoms in total. The highest BCUT2D eigenvalue weighted by atomic mass is 32.2. The van der Waals surface area contributed by atoms with Crippen molar-refractivity contribution in [3.05, 3.63) is 59.7 Å². The highest BCUT2D eigenvalue weighted by Crippen LogP contribution is 2.30. The molecule has 1 aliphatic heterocycles. The lowest BCUT2D eigenvalue weighted by atomic mass is 10.2. The van der Waals surface area contributed by atoms with E-state index in [9.17, 15) is 26.4 Å². The molecule has 0 atom stereocenters. The molecule has 30 heavy (non-hydrogen) atoms. The molecule has 0 aliphatic carbocycles. The molecule has 0 bridgehead atoms. The lowest BCUT2D eigenvalue weighted by Gasteiger charge is -2.34. The van der Waals surface area contributed by atoms with Crippen LogP contribution >= 0.6 is 11.8 Å². The molecule has 2 aromatic carbocycles.